The molecule has 0 aliphatic carbocycles. The molecule has 0 saturated heterocycles. The van der Waals surface area contributed by atoms with E-state index in [0.29, 0.717) is 4.78 Å². The van der Waals surface area contributed by atoms with Gasteiger partial charge in [-0.3, -0.25) is 0 Å². The molecule has 2 aromatic rings. The maximum atomic E-state index is 9.05. The van der Waals surface area contributed by atoms with Gasteiger partial charge in [0.05, 0.1) is 7.11 Å². The smallest absolute Gasteiger partial charge is 0.496 e. The lowest BCUT2D eigenvalue weighted by atomic mass is 9.90. The molecule has 0 atom stereocenters. The summed E-state index contributed by atoms with van der Waals surface area (Å²) < 4.78 is 5.78. The van der Waals surface area contributed by atoms with E-state index in [1.54, 1.807) is 13.2 Å². The summed E-state index contributed by atoms with van der Waals surface area (Å²) >= 11 is 1.34. The largest absolute Gasteiger partial charge is 0.499 e. The fourth-order valence-electron chi connectivity index (χ4n) is 1.48. The van der Waals surface area contributed by atoms with Gasteiger partial charge >= 0.3 is 7.12 Å². The van der Waals surface area contributed by atoms with E-state index in [2.05, 4.69) is 0 Å². The second-order valence-corrected chi connectivity index (χ2v) is 4.39. The third kappa shape index (κ3) is 2.11. The number of thiophene rings is 1. The predicted octanol–water partition coefficient (Wildman–Crippen LogP) is 1.10. The van der Waals surface area contributed by atoms with Gasteiger partial charge in [0.1, 0.15) is 5.75 Å². The van der Waals surface area contributed by atoms with E-state index in [4.69, 9.17) is 14.8 Å². The minimum atomic E-state index is -1.41. The first kappa shape index (κ1) is 11.2. The van der Waals surface area contributed by atoms with Crippen LogP contribution in [0.2, 0.25) is 0 Å². The third-order valence-corrected chi connectivity index (χ3v) is 3.41. The van der Waals surface area contributed by atoms with Crippen molar-refractivity contribution in [3.05, 3.63) is 36.4 Å². The van der Waals surface area contributed by atoms with Crippen molar-refractivity contribution in [2.75, 3.05) is 7.11 Å². The van der Waals surface area contributed by atoms with Gasteiger partial charge in [-0.25, -0.2) is 0 Å². The zero-order valence-electron chi connectivity index (χ0n) is 8.75. The molecule has 1 aromatic carbocycles. The summed E-state index contributed by atoms with van der Waals surface area (Å²) in [5, 5.41) is 18.1. The zero-order valence-corrected chi connectivity index (χ0v) is 9.57. The number of hydrogen-bond acceptors (Lipinski definition) is 4. The fourth-order valence-corrected chi connectivity index (χ4v) is 2.39. The van der Waals surface area contributed by atoms with E-state index in [-0.39, 0.29) is 0 Å². The average Bonchev–Trinajstić information content (AvgIpc) is 2.78. The fraction of sp³-hybridized carbons (Fsp3) is 0.0909. The van der Waals surface area contributed by atoms with Crippen molar-refractivity contribution in [2.45, 2.75) is 0 Å². The quantitative estimate of drug-likeness (QED) is 0.782. The van der Waals surface area contributed by atoms with Gasteiger partial charge in [-0.2, -0.15) is 0 Å². The van der Waals surface area contributed by atoms with Crippen molar-refractivity contribution in [1.82, 2.24) is 0 Å². The zero-order chi connectivity index (χ0) is 11.5. The highest BCUT2D eigenvalue weighted by atomic mass is 32.1. The molecule has 0 aliphatic rings. The van der Waals surface area contributed by atoms with Gasteiger partial charge in [-0.1, -0.05) is 18.2 Å². The molecule has 0 fully saturated rings. The Morgan fingerprint density at radius 2 is 1.88 bits per heavy atom. The van der Waals surface area contributed by atoms with Crippen molar-refractivity contribution in [2.24, 2.45) is 0 Å². The molecule has 0 amide bonds. The lowest BCUT2D eigenvalue weighted by Gasteiger charge is -2.05. The molecule has 0 bridgehead atoms. The summed E-state index contributed by atoms with van der Waals surface area (Å²) in [6.45, 7) is 0. The number of hydrogen-bond donors (Lipinski definition) is 2. The van der Waals surface area contributed by atoms with E-state index >= 15 is 0 Å². The summed E-state index contributed by atoms with van der Waals surface area (Å²) in [6, 6.07) is 11.2. The normalized spacial score (nSPS) is 10.2. The van der Waals surface area contributed by atoms with Gasteiger partial charge in [0.2, 0.25) is 0 Å². The highest BCUT2D eigenvalue weighted by Gasteiger charge is 2.15. The van der Waals surface area contributed by atoms with Crippen molar-refractivity contribution in [3.8, 4) is 16.2 Å². The van der Waals surface area contributed by atoms with Crippen molar-refractivity contribution in [1.29, 1.82) is 0 Å². The Balaban J connectivity index is 2.42. The van der Waals surface area contributed by atoms with Gasteiger partial charge in [0, 0.05) is 15.2 Å². The van der Waals surface area contributed by atoms with Crippen LogP contribution in [0.15, 0.2) is 36.4 Å². The van der Waals surface area contributed by atoms with Crippen LogP contribution in [-0.2, 0) is 0 Å². The SMILES string of the molecule is COc1ccccc1-c1ccc(B(O)O)s1. The molecule has 0 radical (unpaired) electrons. The molecule has 1 aromatic heterocycles. The first-order valence-electron chi connectivity index (χ1n) is 4.81. The highest BCUT2D eigenvalue weighted by Crippen LogP contribution is 2.31. The molecule has 82 valence electrons. The molecule has 2 N–H and O–H groups in total. The summed E-state index contributed by atoms with van der Waals surface area (Å²) in [5.41, 5.74) is 0.960. The molecule has 0 saturated carbocycles. The second kappa shape index (κ2) is 4.70. The molecule has 1 heterocycles. The molecule has 0 aliphatic heterocycles. The van der Waals surface area contributed by atoms with E-state index in [0.717, 1.165) is 16.2 Å². The second-order valence-electron chi connectivity index (χ2n) is 3.28. The van der Waals surface area contributed by atoms with Crippen LogP contribution in [0, 0.1) is 0 Å². The van der Waals surface area contributed by atoms with Crippen LogP contribution in [0.25, 0.3) is 10.4 Å². The van der Waals surface area contributed by atoms with Gasteiger partial charge in [0.25, 0.3) is 0 Å². The number of benzene rings is 1. The highest BCUT2D eigenvalue weighted by molar-refractivity contribution is 7.24. The Kier molecular flexibility index (Phi) is 3.29. The number of rotatable bonds is 3. The lowest BCUT2D eigenvalue weighted by molar-refractivity contribution is 0.416. The van der Waals surface area contributed by atoms with E-state index in [1.165, 1.54) is 11.3 Å². The predicted molar refractivity (Wildman–Crippen MR) is 66.1 cm³/mol. The molecule has 5 heteroatoms. The van der Waals surface area contributed by atoms with Crippen LogP contribution >= 0.6 is 11.3 Å². The summed E-state index contributed by atoms with van der Waals surface area (Å²) in [6.07, 6.45) is 0. The minimum Gasteiger partial charge on any atom is -0.496 e. The molecule has 0 spiro atoms. The lowest BCUT2D eigenvalue weighted by Crippen LogP contribution is -2.26. The van der Waals surface area contributed by atoms with Crippen LogP contribution in [0.5, 0.6) is 5.75 Å². The third-order valence-electron chi connectivity index (χ3n) is 2.25. The van der Waals surface area contributed by atoms with Crippen molar-refractivity contribution in [3.63, 3.8) is 0 Å². The van der Waals surface area contributed by atoms with E-state index in [1.807, 2.05) is 30.3 Å². The molecule has 3 nitrogen and oxygen atoms in total. The molecule has 16 heavy (non-hydrogen) atoms. The van der Waals surface area contributed by atoms with Gasteiger partial charge in [-0.05, 0) is 18.2 Å². The van der Waals surface area contributed by atoms with Crippen LogP contribution in [0.3, 0.4) is 0 Å². The molecular weight excluding hydrogens is 223 g/mol. The molecule has 0 unspecified atom stereocenters. The number of para-hydroxylation sites is 1. The summed E-state index contributed by atoms with van der Waals surface area (Å²) in [7, 11) is 0.210. The maximum Gasteiger partial charge on any atom is 0.499 e. The Morgan fingerprint density at radius 1 is 1.12 bits per heavy atom. The Labute approximate surface area is 98.1 Å². The molecular formula is C11H11BO3S. The van der Waals surface area contributed by atoms with Crippen LogP contribution in [0.4, 0.5) is 0 Å². The Hall–Kier alpha value is -1.30. The van der Waals surface area contributed by atoms with Crippen LogP contribution in [-0.4, -0.2) is 24.3 Å². The maximum absolute atomic E-state index is 9.05. The Bertz CT molecular complexity index is 482. The van der Waals surface area contributed by atoms with Crippen LogP contribution in [0.1, 0.15) is 0 Å². The van der Waals surface area contributed by atoms with E-state index < -0.39 is 7.12 Å². The number of ether oxygens (including phenoxy) is 1. The first-order valence-corrected chi connectivity index (χ1v) is 5.63. The van der Waals surface area contributed by atoms with Crippen LogP contribution < -0.4 is 9.51 Å². The van der Waals surface area contributed by atoms with Gasteiger partial charge < -0.3 is 14.8 Å². The van der Waals surface area contributed by atoms with Crippen molar-refractivity contribution < 1.29 is 14.8 Å². The van der Waals surface area contributed by atoms with Gasteiger partial charge in [-0.15, -0.1) is 11.3 Å². The monoisotopic (exact) mass is 234 g/mol. The summed E-state index contributed by atoms with van der Waals surface area (Å²) in [5.74, 6) is 0.781. The minimum absolute atomic E-state index is 0.529. The van der Waals surface area contributed by atoms with E-state index in [9.17, 15) is 0 Å². The summed E-state index contributed by atoms with van der Waals surface area (Å²) in [4.78, 5) is 0.959. The van der Waals surface area contributed by atoms with Gasteiger partial charge in [0.15, 0.2) is 0 Å². The number of methoxy groups -OCH3 is 1. The average molecular weight is 234 g/mol. The topological polar surface area (TPSA) is 49.7 Å². The Morgan fingerprint density at radius 3 is 2.50 bits per heavy atom. The van der Waals surface area contributed by atoms with Crippen molar-refractivity contribution >= 4 is 23.2 Å². The molecule has 2 rings (SSSR count). The first-order chi connectivity index (χ1) is 7.72. The standard InChI is InChI=1S/C11H11BO3S/c1-15-9-5-3-2-4-8(9)10-6-7-11(16-10)12(13)14/h2-7,13-14H,1H3.